The van der Waals surface area contributed by atoms with Gasteiger partial charge in [0, 0.05) is 17.8 Å². The molecule has 2 amide bonds. The van der Waals surface area contributed by atoms with Crippen LogP contribution in [0, 0.1) is 0 Å². The van der Waals surface area contributed by atoms with Gasteiger partial charge in [-0.3, -0.25) is 9.59 Å². The predicted molar refractivity (Wildman–Crippen MR) is 112 cm³/mol. The summed E-state index contributed by atoms with van der Waals surface area (Å²) in [6, 6.07) is 17.6. The minimum Gasteiger partial charge on any atom is -0.364 e. The summed E-state index contributed by atoms with van der Waals surface area (Å²) >= 11 is 0. The molecule has 3 aliphatic rings. The van der Waals surface area contributed by atoms with Crippen LogP contribution in [0.15, 0.2) is 54.6 Å². The van der Waals surface area contributed by atoms with E-state index in [4.69, 9.17) is 0 Å². The number of para-hydroxylation sites is 1. The molecule has 0 aromatic heterocycles. The number of hydrogen-bond donors (Lipinski definition) is 1. The lowest BCUT2D eigenvalue weighted by Crippen LogP contribution is -2.53. The second-order valence-corrected chi connectivity index (χ2v) is 9.41. The molecule has 3 atom stereocenters. The normalized spacial score (nSPS) is 27.5. The molecule has 0 radical (unpaired) electrons. The molecule has 5 nitrogen and oxygen atoms in total. The van der Waals surface area contributed by atoms with Crippen LogP contribution in [0.25, 0.3) is 0 Å². The van der Waals surface area contributed by atoms with Crippen molar-refractivity contribution in [2.45, 2.75) is 56.8 Å². The summed E-state index contributed by atoms with van der Waals surface area (Å²) in [5, 5.41) is 3.62. The molecule has 0 bridgehead atoms. The molecule has 2 fully saturated rings. The van der Waals surface area contributed by atoms with Gasteiger partial charge < -0.3 is 15.1 Å². The molecule has 0 saturated carbocycles. The fraction of sp³-hybridized carbons (Fsp3) is 0.417. The van der Waals surface area contributed by atoms with Crippen molar-refractivity contribution in [2.24, 2.45) is 0 Å². The van der Waals surface area contributed by atoms with Crippen molar-refractivity contribution in [3.05, 3.63) is 65.7 Å². The smallest absolute Gasteiger partial charge is 0.248 e. The fourth-order valence-electron chi connectivity index (χ4n) is 5.62. The third kappa shape index (κ3) is 2.46. The quantitative estimate of drug-likeness (QED) is 0.858. The van der Waals surface area contributed by atoms with Crippen LogP contribution >= 0.6 is 0 Å². The van der Waals surface area contributed by atoms with Crippen molar-refractivity contribution >= 4 is 17.5 Å². The van der Waals surface area contributed by atoms with Crippen LogP contribution in [0.5, 0.6) is 0 Å². The van der Waals surface area contributed by atoms with Gasteiger partial charge in [0.2, 0.25) is 11.8 Å². The van der Waals surface area contributed by atoms with Gasteiger partial charge in [-0.05, 0) is 44.4 Å². The SMILES string of the molecule is CC(C)(C)N1C(=O)[C@@H]2N(C(=O)Cc3ccccc3)CC[C@@]23c2ccccc2N[C@@H]13. The first-order chi connectivity index (χ1) is 13.8. The van der Waals surface area contributed by atoms with Crippen LogP contribution in [0.3, 0.4) is 0 Å². The van der Waals surface area contributed by atoms with Crippen molar-refractivity contribution in [1.82, 2.24) is 9.80 Å². The van der Waals surface area contributed by atoms with Gasteiger partial charge in [-0.1, -0.05) is 48.5 Å². The van der Waals surface area contributed by atoms with Gasteiger partial charge in [0.15, 0.2) is 0 Å². The number of likely N-dealkylation sites (tertiary alicyclic amines) is 2. The lowest BCUT2D eigenvalue weighted by molar-refractivity contribution is -0.143. The van der Waals surface area contributed by atoms with Gasteiger partial charge in [-0.15, -0.1) is 0 Å². The van der Waals surface area contributed by atoms with Crippen molar-refractivity contribution < 1.29 is 9.59 Å². The highest BCUT2D eigenvalue weighted by Gasteiger charge is 2.69. The molecule has 0 aliphatic carbocycles. The Morgan fingerprint density at radius 1 is 1.10 bits per heavy atom. The first-order valence-corrected chi connectivity index (χ1v) is 10.4. The van der Waals surface area contributed by atoms with Gasteiger partial charge in [0.1, 0.15) is 12.2 Å². The van der Waals surface area contributed by atoms with Gasteiger partial charge in [0.05, 0.1) is 11.8 Å². The van der Waals surface area contributed by atoms with E-state index < -0.39 is 6.04 Å². The number of amides is 2. The predicted octanol–water partition coefficient (Wildman–Crippen LogP) is 3.16. The van der Waals surface area contributed by atoms with E-state index >= 15 is 0 Å². The Kier molecular flexibility index (Phi) is 3.83. The molecule has 3 heterocycles. The minimum absolute atomic E-state index is 0.0327. The van der Waals surface area contributed by atoms with Crippen LogP contribution < -0.4 is 5.32 Å². The highest BCUT2D eigenvalue weighted by atomic mass is 16.2. The van der Waals surface area contributed by atoms with Crippen molar-refractivity contribution in [3.63, 3.8) is 0 Å². The number of rotatable bonds is 2. The first-order valence-electron chi connectivity index (χ1n) is 10.4. The number of nitrogens with one attached hydrogen (secondary N) is 1. The lowest BCUT2D eigenvalue weighted by Gasteiger charge is -2.39. The van der Waals surface area contributed by atoms with Crippen LogP contribution in [0.1, 0.15) is 38.3 Å². The average molecular weight is 389 g/mol. The van der Waals surface area contributed by atoms with Gasteiger partial charge in [-0.25, -0.2) is 0 Å². The molecule has 2 aromatic rings. The summed E-state index contributed by atoms with van der Waals surface area (Å²) in [5.74, 6) is 0.0914. The Hall–Kier alpha value is -2.82. The van der Waals surface area contributed by atoms with E-state index in [0.717, 1.165) is 17.7 Å². The number of carbonyl (C=O) groups excluding carboxylic acids is 2. The van der Waals surface area contributed by atoms with Gasteiger partial charge in [0.25, 0.3) is 0 Å². The van der Waals surface area contributed by atoms with E-state index in [2.05, 4.69) is 38.2 Å². The van der Waals surface area contributed by atoms with E-state index in [-0.39, 0.29) is 28.9 Å². The van der Waals surface area contributed by atoms with Crippen LogP contribution in [-0.2, 0) is 21.4 Å². The molecule has 2 saturated heterocycles. The Bertz CT molecular complexity index is 981. The standard InChI is InChI=1S/C24H27N3O2/c1-23(2,3)27-21(29)20-24(17-11-7-8-12-18(17)25-22(24)27)13-14-26(20)19(28)15-16-9-5-4-6-10-16/h4-12,20,22,25H,13-15H2,1-3H3/t20-,22-,24+/m0/s1. The van der Waals surface area contributed by atoms with Crippen LogP contribution in [0.2, 0.25) is 0 Å². The number of fused-ring (bicyclic) bond motifs is 1. The van der Waals surface area contributed by atoms with Gasteiger partial charge >= 0.3 is 0 Å². The second kappa shape index (κ2) is 6.09. The Morgan fingerprint density at radius 3 is 2.52 bits per heavy atom. The van der Waals surface area contributed by atoms with Crippen molar-refractivity contribution in [3.8, 4) is 0 Å². The monoisotopic (exact) mass is 389 g/mol. The molecule has 150 valence electrons. The number of nitrogens with zero attached hydrogens (tertiary/aromatic N) is 2. The summed E-state index contributed by atoms with van der Waals surface area (Å²) in [5.41, 5.74) is 2.53. The van der Waals surface area contributed by atoms with E-state index in [1.54, 1.807) is 0 Å². The average Bonchev–Trinajstić information content (AvgIpc) is 3.29. The third-order valence-electron chi connectivity index (χ3n) is 6.75. The molecule has 2 aromatic carbocycles. The maximum Gasteiger partial charge on any atom is 0.248 e. The maximum atomic E-state index is 13.7. The Balaban J connectivity index is 1.57. The molecule has 0 unspecified atom stereocenters. The van der Waals surface area contributed by atoms with E-state index in [1.807, 2.05) is 52.3 Å². The zero-order valence-corrected chi connectivity index (χ0v) is 17.2. The van der Waals surface area contributed by atoms with E-state index in [0.29, 0.717) is 13.0 Å². The molecule has 29 heavy (non-hydrogen) atoms. The van der Waals surface area contributed by atoms with Crippen LogP contribution in [0.4, 0.5) is 5.69 Å². The summed E-state index contributed by atoms with van der Waals surface area (Å²) in [4.78, 5) is 30.8. The second-order valence-electron chi connectivity index (χ2n) is 9.41. The Labute approximate surface area is 171 Å². The zero-order valence-electron chi connectivity index (χ0n) is 17.2. The number of anilines is 1. The minimum atomic E-state index is -0.445. The summed E-state index contributed by atoms with van der Waals surface area (Å²) in [6.45, 7) is 6.83. The zero-order chi connectivity index (χ0) is 20.4. The van der Waals surface area contributed by atoms with Gasteiger partial charge in [-0.2, -0.15) is 0 Å². The summed E-state index contributed by atoms with van der Waals surface area (Å²) in [6.07, 6.45) is 1.01. The number of hydrogen-bond acceptors (Lipinski definition) is 3. The van der Waals surface area contributed by atoms with Crippen molar-refractivity contribution in [2.75, 3.05) is 11.9 Å². The topological polar surface area (TPSA) is 52.7 Å². The van der Waals surface area contributed by atoms with Crippen molar-refractivity contribution in [1.29, 1.82) is 0 Å². The molecule has 5 rings (SSSR count). The summed E-state index contributed by atoms with van der Waals surface area (Å²) < 4.78 is 0. The molecule has 1 N–H and O–H groups in total. The highest BCUT2D eigenvalue weighted by Crippen LogP contribution is 2.57. The third-order valence-corrected chi connectivity index (χ3v) is 6.75. The molecular formula is C24H27N3O2. The molecule has 5 heteroatoms. The number of benzene rings is 2. The van der Waals surface area contributed by atoms with E-state index in [1.165, 1.54) is 5.56 Å². The largest absolute Gasteiger partial charge is 0.364 e. The molecular weight excluding hydrogens is 362 g/mol. The van der Waals surface area contributed by atoms with E-state index in [9.17, 15) is 9.59 Å². The molecule has 3 aliphatic heterocycles. The summed E-state index contributed by atoms with van der Waals surface area (Å²) in [7, 11) is 0. The highest BCUT2D eigenvalue weighted by molar-refractivity contribution is 5.96. The maximum absolute atomic E-state index is 13.7. The molecule has 1 spiro atoms. The fourth-order valence-corrected chi connectivity index (χ4v) is 5.62. The van der Waals surface area contributed by atoms with Crippen LogP contribution in [-0.4, -0.2) is 45.9 Å². The lowest BCUT2D eigenvalue weighted by atomic mass is 9.75. The Morgan fingerprint density at radius 2 is 1.79 bits per heavy atom. The first kappa shape index (κ1) is 18.2. The number of carbonyl (C=O) groups is 2.